The molecule has 0 fully saturated rings. The first-order valence-corrected chi connectivity index (χ1v) is 6.86. The molecule has 0 spiro atoms. The highest BCUT2D eigenvalue weighted by molar-refractivity contribution is 5.75. The van der Waals surface area contributed by atoms with Crippen LogP contribution in [0.1, 0.15) is 25.3 Å². The van der Waals surface area contributed by atoms with Crippen molar-refractivity contribution in [2.24, 2.45) is 5.73 Å². The number of nitrogens with one attached hydrogen (secondary N) is 1. The Morgan fingerprint density at radius 1 is 1.45 bits per heavy atom. The molecule has 0 saturated heterocycles. The molecule has 0 aliphatic rings. The van der Waals surface area contributed by atoms with E-state index in [0.29, 0.717) is 13.0 Å². The Morgan fingerprint density at radius 2 is 2.20 bits per heavy atom. The molecule has 0 heterocycles. The third-order valence-electron chi connectivity index (χ3n) is 3.14. The molecule has 3 N–H and O–H groups in total. The normalized spacial score (nSPS) is 11.8. The van der Waals surface area contributed by atoms with E-state index in [1.807, 2.05) is 18.2 Å². The SMILES string of the molecule is CCC(N)Cc1cc(OC)ccc1OCCC(=O)NC. The van der Waals surface area contributed by atoms with Crippen molar-refractivity contribution in [1.82, 2.24) is 5.32 Å². The Morgan fingerprint density at radius 3 is 2.80 bits per heavy atom. The summed E-state index contributed by atoms with van der Waals surface area (Å²) in [6, 6.07) is 5.73. The molecule has 1 aromatic rings. The summed E-state index contributed by atoms with van der Waals surface area (Å²) in [6.07, 6.45) is 1.96. The maximum absolute atomic E-state index is 11.2. The number of carbonyl (C=O) groups is 1. The Balaban J connectivity index is 2.74. The van der Waals surface area contributed by atoms with Crippen molar-refractivity contribution in [2.75, 3.05) is 20.8 Å². The second-order valence-corrected chi connectivity index (χ2v) is 4.62. The Hall–Kier alpha value is -1.75. The number of nitrogens with two attached hydrogens (primary N) is 1. The highest BCUT2D eigenvalue weighted by Gasteiger charge is 2.10. The molecule has 1 atom stereocenters. The van der Waals surface area contributed by atoms with Gasteiger partial charge in [0, 0.05) is 13.1 Å². The highest BCUT2D eigenvalue weighted by atomic mass is 16.5. The molecule has 0 aliphatic heterocycles. The van der Waals surface area contributed by atoms with Crippen LogP contribution in [0.15, 0.2) is 18.2 Å². The lowest BCUT2D eigenvalue weighted by Crippen LogP contribution is -2.22. The van der Waals surface area contributed by atoms with Crippen LogP contribution in [-0.2, 0) is 11.2 Å². The number of ether oxygens (including phenoxy) is 2. The van der Waals surface area contributed by atoms with Gasteiger partial charge in [-0.05, 0) is 36.6 Å². The lowest BCUT2D eigenvalue weighted by molar-refractivity contribution is -0.121. The molecule has 1 aromatic carbocycles. The Bertz CT molecular complexity index is 435. The van der Waals surface area contributed by atoms with Gasteiger partial charge in [0.1, 0.15) is 11.5 Å². The molecule has 1 rings (SSSR count). The molecule has 0 saturated carbocycles. The number of benzene rings is 1. The fourth-order valence-electron chi connectivity index (χ4n) is 1.79. The van der Waals surface area contributed by atoms with Gasteiger partial charge in [0.2, 0.25) is 5.91 Å². The van der Waals surface area contributed by atoms with Crippen molar-refractivity contribution < 1.29 is 14.3 Å². The van der Waals surface area contributed by atoms with E-state index in [9.17, 15) is 4.79 Å². The predicted octanol–water partition coefficient (Wildman–Crippen LogP) is 1.49. The number of hydrogen-bond donors (Lipinski definition) is 2. The molecule has 0 bridgehead atoms. The minimum Gasteiger partial charge on any atom is -0.497 e. The number of carbonyl (C=O) groups excluding carboxylic acids is 1. The third kappa shape index (κ3) is 5.09. The molecule has 1 amide bonds. The summed E-state index contributed by atoms with van der Waals surface area (Å²) in [5.74, 6) is 1.51. The quantitative estimate of drug-likeness (QED) is 0.756. The summed E-state index contributed by atoms with van der Waals surface area (Å²) in [6.45, 7) is 2.40. The zero-order valence-electron chi connectivity index (χ0n) is 12.4. The number of methoxy groups -OCH3 is 1. The summed E-state index contributed by atoms with van der Waals surface area (Å²) < 4.78 is 10.9. The van der Waals surface area contributed by atoms with E-state index < -0.39 is 0 Å². The molecule has 0 aromatic heterocycles. The predicted molar refractivity (Wildman–Crippen MR) is 79.1 cm³/mol. The van der Waals surface area contributed by atoms with E-state index in [1.165, 1.54) is 0 Å². The van der Waals surface area contributed by atoms with Gasteiger partial charge in [-0.15, -0.1) is 0 Å². The molecule has 1 unspecified atom stereocenters. The van der Waals surface area contributed by atoms with Crippen LogP contribution in [-0.4, -0.2) is 32.7 Å². The van der Waals surface area contributed by atoms with Gasteiger partial charge in [-0.25, -0.2) is 0 Å². The topological polar surface area (TPSA) is 73.6 Å². The van der Waals surface area contributed by atoms with E-state index in [4.69, 9.17) is 15.2 Å². The minimum absolute atomic E-state index is 0.0367. The Kier molecular flexibility index (Phi) is 6.87. The lowest BCUT2D eigenvalue weighted by atomic mass is 10.0. The fraction of sp³-hybridized carbons (Fsp3) is 0.533. The molecule has 0 radical (unpaired) electrons. The van der Waals surface area contributed by atoms with E-state index in [1.54, 1.807) is 14.2 Å². The minimum atomic E-state index is -0.0367. The van der Waals surface area contributed by atoms with Crippen LogP contribution in [0, 0.1) is 0 Å². The van der Waals surface area contributed by atoms with Crippen LogP contribution in [0.3, 0.4) is 0 Å². The Labute approximate surface area is 120 Å². The second-order valence-electron chi connectivity index (χ2n) is 4.62. The number of rotatable bonds is 8. The largest absolute Gasteiger partial charge is 0.497 e. The van der Waals surface area contributed by atoms with Crippen molar-refractivity contribution in [3.63, 3.8) is 0 Å². The molecular weight excluding hydrogens is 256 g/mol. The highest BCUT2D eigenvalue weighted by Crippen LogP contribution is 2.25. The monoisotopic (exact) mass is 280 g/mol. The average Bonchev–Trinajstić information content (AvgIpc) is 2.48. The zero-order chi connectivity index (χ0) is 15.0. The van der Waals surface area contributed by atoms with Gasteiger partial charge in [-0.1, -0.05) is 6.92 Å². The van der Waals surface area contributed by atoms with Crippen molar-refractivity contribution in [2.45, 2.75) is 32.2 Å². The van der Waals surface area contributed by atoms with E-state index >= 15 is 0 Å². The third-order valence-corrected chi connectivity index (χ3v) is 3.14. The summed E-state index contributed by atoms with van der Waals surface area (Å²) in [5.41, 5.74) is 7.01. The van der Waals surface area contributed by atoms with E-state index in [0.717, 1.165) is 29.9 Å². The van der Waals surface area contributed by atoms with Crippen molar-refractivity contribution in [3.8, 4) is 11.5 Å². The van der Waals surface area contributed by atoms with E-state index in [-0.39, 0.29) is 11.9 Å². The zero-order valence-corrected chi connectivity index (χ0v) is 12.4. The average molecular weight is 280 g/mol. The molecule has 0 aliphatic carbocycles. The van der Waals surface area contributed by atoms with Gasteiger partial charge in [-0.3, -0.25) is 4.79 Å². The van der Waals surface area contributed by atoms with Crippen molar-refractivity contribution >= 4 is 5.91 Å². The van der Waals surface area contributed by atoms with Crippen LogP contribution >= 0.6 is 0 Å². The van der Waals surface area contributed by atoms with Crippen LogP contribution < -0.4 is 20.5 Å². The first kappa shape index (κ1) is 16.3. The van der Waals surface area contributed by atoms with Crippen molar-refractivity contribution in [3.05, 3.63) is 23.8 Å². The maximum Gasteiger partial charge on any atom is 0.223 e. The first-order valence-electron chi connectivity index (χ1n) is 6.86. The maximum atomic E-state index is 11.2. The van der Waals surface area contributed by atoms with Crippen LogP contribution in [0.25, 0.3) is 0 Å². The molecular formula is C15H24N2O3. The second kappa shape index (κ2) is 8.43. The number of hydrogen-bond acceptors (Lipinski definition) is 4. The molecule has 5 nitrogen and oxygen atoms in total. The molecule has 20 heavy (non-hydrogen) atoms. The van der Waals surface area contributed by atoms with Gasteiger partial charge in [0.15, 0.2) is 0 Å². The summed E-state index contributed by atoms with van der Waals surface area (Å²) in [4.78, 5) is 11.2. The molecule has 5 heteroatoms. The first-order chi connectivity index (χ1) is 9.60. The van der Waals surface area contributed by atoms with Gasteiger partial charge in [-0.2, -0.15) is 0 Å². The summed E-state index contributed by atoms with van der Waals surface area (Å²) in [5, 5.41) is 2.57. The standard InChI is InChI=1S/C15H24N2O3/c1-4-12(16)9-11-10-13(19-3)5-6-14(11)20-8-7-15(18)17-2/h5-6,10,12H,4,7-9,16H2,1-3H3,(H,17,18). The van der Waals surface area contributed by atoms with Gasteiger partial charge in [0.25, 0.3) is 0 Å². The lowest BCUT2D eigenvalue weighted by Gasteiger charge is -2.15. The van der Waals surface area contributed by atoms with Gasteiger partial charge in [0.05, 0.1) is 20.1 Å². The van der Waals surface area contributed by atoms with E-state index in [2.05, 4.69) is 12.2 Å². The van der Waals surface area contributed by atoms with Crippen molar-refractivity contribution in [1.29, 1.82) is 0 Å². The van der Waals surface area contributed by atoms with Crippen LogP contribution in [0.2, 0.25) is 0 Å². The summed E-state index contributed by atoms with van der Waals surface area (Å²) >= 11 is 0. The van der Waals surface area contributed by atoms with Crippen LogP contribution in [0.5, 0.6) is 11.5 Å². The smallest absolute Gasteiger partial charge is 0.223 e. The number of amides is 1. The van der Waals surface area contributed by atoms with Gasteiger partial charge >= 0.3 is 0 Å². The van der Waals surface area contributed by atoms with Crippen LogP contribution in [0.4, 0.5) is 0 Å². The summed E-state index contributed by atoms with van der Waals surface area (Å²) in [7, 11) is 3.24. The van der Waals surface area contributed by atoms with Gasteiger partial charge < -0.3 is 20.5 Å². The molecule has 112 valence electrons. The fourth-order valence-corrected chi connectivity index (χ4v) is 1.79.